The highest BCUT2D eigenvalue weighted by Gasteiger charge is 2.46. The van der Waals surface area contributed by atoms with Crippen LogP contribution in [-0.2, 0) is 25.2 Å². The third kappa shape index (κ3) is 8.01. The summed E-state index contributed by atoms with van der Waals surface area (Å²) in [5.74, 6) is -2.29. The number of benzene rings is 2. The van der Waals surface area contributed by atoms with E-state index in [0.29, 0.717) is 5.75 Å². The van der Waals surface area contributed by atoms with Crippen LogP contribution in [0.25, 0.3) is 22.1 Å². The molecule has 3 heterocycles. The van der Waals surface area contributed by atoms with Gasteiger partial charge in [-0.25, -0.2) is 9.59 Å². The number of carbonyl (C=O) groups is 2. The molecule has 2 aliphatic rings. The van der Waals surface area contributed by atoms with E-state index in [0.717, 1.165) is 12.1 Å². The lowest BCUT2D eigenvalue weighted by molar-refractivity contribution is -0.278. The summed E-state index contributed by atoms with van der Waals surface area (Å²) in [5.41, 5.74) is -3.20. The predicted molar refractivity (Wildman–Crippen MR) is 161 cm³/mol. The smallest absolute Gasteiger partial charge is 0.450 e. The first-order valence-electron chi connectivity index (χ1n) is 15.0. The van der Waals surface area contributed by atoms with Gasteiger partial charge in [0.1, 0.15) is 67.2 Å². The molecule has 0 bridgehead atoms. The van der Waals surface area contributed by atoms with E-state index < -0.39 is 89.5 Å². The first kappa shape index (κ1) is 35.7. The predicted octanol–water partition coefficient (Wildman–Crippen LogP) is 2.89. The molecule has 2 aromatic carbocycles. The summed E-state index contributed by atoms with van der Waals surface area (Å²) in [6.07, 6.45) is -14.7. The molecule has 0 saturated carbocycles. The van der Waals surface area contributed by atoms with Crippen molar-refractivity contribution in [3.05, 3.63) is 52.4 Å². The minimum Gasteiger partial charge on any atom is -0.486 e. The Kier molecular flexibility index (Phi) is 10.0. The number of esters is 1. The lowest BCUT2D eigenvalue weighted by Crippen LogP contribution is -2.60. The van der Waals surface area contributed by atoms with Gasteiger partial charge in [0.05, 0.1) is 10.9 Å². The number of nitrogens with one attached hydrogen (secondary N) is 1. The van der Waals surface area contributed by atoms with Crippen LogP contribution in [0, 0.1) is 0 Å². The van der Waals surface area contributed by atoms with Crippen LogP contribution in [0.1, 0.15) is 33.5 Å². The Labute approximate surface area is 276 Å². The molecular formula is C32H34F3NO13. The lowest BCUT2D eigenvalue weighted by Gasteiger charge is -2.40. The van der Waals surface area contributed by atoms with Gasteiger partial charge in [0.15, 0.2) is 11.5 Å². The van der Waals surface area contributed by atoms with Crippen LogP contribution in [0.15, 0.2) is 45.6 Å². The van der Waals surface area contributed by atoms with Crippen LogP contribution < -0.4 is 25.0 Å². The number of alkyl halides is 3. The molecule has 0 spiro atoms. The van der Waals surface area contributed by atoms with Gasteiger partial charge in [-0.3, -0.25) is 4.79 Å². The van der Waals surface area contributed by atoms with Crippen LogP contribution in [0.3, 0.4) is 0 Å². The SMILES string of the molecule is CC(NC(=O)OC(C)(C)C)C(=O)OCC1OC(Oc2ccc3c(=O)c(-c4ccc5c(c4)OCCO5)c(C(F)(F)F)oc3c2)C(O)C(O)C1O. The number of aliphatic hydroxyl groups excluding tert-OH is 3. The molecule has 1 saturated heterocycles. The summed E-state index contributed by atoms with van der Waals surface area (Å²) in [5, 5.41) is 33.5. The summed E-state index contributed by atoms with van der Waals surface area (Å²) in [4.78, 5) is 37.9. The fourth-order valence-electron chi connectivity index (χ4n) is 5.03. The number of hydrogen-bond donors (Lipinski definition) is 4. The Morgan fingerprint density at radius 1 is 0.980 bits per heavy atom. The maximum Gasteiger partial charge on any atom is 0.450 e. The van der Waals surface area contributed by atoms with Crippen molar-refractivity contribution < 1.29 is 70.9 Å². The van der Waals surface area contributed by atoms with Crippen molar-refractivity contribution in [2.45, 2.75) is 76.2 Å². The van der Waals surface area contributed by atoms with Gasteiger partial charge in [0.2, 0.25) is 17.5 Å². The van der Waals surface area contributed by atoms with Crippen molar-refractivity contribution >= 4 is 23.0 Å². The fraction of sp³-hybridized carbons (Fsp3) is 0.469. The van der Waals surface area contributed by atoms with Crippen LogP contribution in [-0.4, -0.2) is 89.6 Å². The molecule has 49 heavy (non-hydrogen) atoms. The maximum atomic E-state index is 14.2. The van der Waals surface area contributed by atoms with Gasteiger partial charge in [0.25, 0.3) is 0 Å². The largest absolute Gasteiger partial charge is 0.486 e. The molecule has 17 heteroatoms. The highest BCUT2D eigenvalue weighted by atomic mass is 19.4. The number of ether oxygens (including phenoxy) is 6. The van der Waals surface area contributed by atoms with Crippen LogP contribution in [0.2, 0.25) is 0 Å². The van der Waals surface area contributed by atoms with Crippen LogP contribution in [0.5, 0.6) is 17.2 Å². The van der Waals surface area contributed by atoms with Crippen molar-refractivity contribution in [1.29, 1.82) is 0 Å². The Balaban J connectivity index is 1.35. The van der Waals surface area contributed by atoms with E-state index in [-0.39, 0.29) is 35.7 Å². The molecule has 1 aromatic heterocycles. The number of fused-ring (bicyclic) bond motifs is 2. The molecule has 6 atom stereocenters. The van der Waals surface area contributed by atoms with Crippen molar-refractivity contribution in [3.8, 4) is 28.4 Å². The Hall–Kier alpha value is -4.58. The average molecular weight is 698 g/mol. The number of hydrogen-bond acceptors (Lipinski definition) is 13. The topological polar surface area (TPSA) is 192 Å². The van der Waals surface area contributed by atoms with Crippen molar-refractivity contribution in [1.82, 2.24) is 5.32 Å². The number of aliphatic hydroxyl groups is 3. The monoisotopic (exact) mass is 697 g/mol. The van der Waals surface area contributed by atoms with E-state index in [1.54, 1.807) is 20.8 Å². The Morgan fingerprint density at radius 3 is 2.35 bits per heavy atom. The Morgan fingerprint density at radius 2 is 1.67 bits per heavy atom. The summed E-state index contributed by atoms with van der Waals surface area (Å²) < 4.78 is 80.2. The van der Waals surface area contributed by atoms with Crippen molar-refractivity contribution in [2.24, 2.45) is 0 Å². The molecule has 266 valence electrons. The van der Waals surface area contributed by atoms with Crippen LogP contribution in [0.4, 0.5) is 18.0 Å². The van der Waals surface area contributed by atoms with Crippen molar-refractivity contribution in [3.63, 3.8) is 0 Å². The minimum absolute atomic E-state index is 0.111. The molecule has 6 unspecified atom stereocenters. The second-order valence-corrected chi connectivity index (χ2v) is 12.3. The van der Waals surface area contributed by atoms with E-state index in [4.69, 9.17) is 32.8 Å². The number of carbonyl (C=O) groups excluding carboxylic acids is 2. The molecule has 2 aliphatic heterocycles. The molecule has 14 nitrogen and oxygen atoms in total. The number of alkyl carbamates (subject to hydrolysis) is 1. The zero-order chi connectivity index (χ0) is 35.8. The normalized spacial score (nSPS) is 23.0. The molecule has 4 N–H and O–H groups in total. The maximum absolute atomic E-state index is 14.2. The van der Waals surface area contributed by atoms with Gasteiger partial charge < -0.3 is 53.5 Å². The molecule has 0 aliphatic carbocycles. The number of amides is 1. The zero-order valence-electron chi connectivity index (χ0n) is 26.6. The zero-order valence-corrected chi connectivity index (χ0v) is 26.6. The third-order valence-corrected chi connectivity index (χ3v) is 7.35. The molecule has 0 radical (unpaired) electrons. The standard InChI is InChI=1S/C32H34F3NO13/c1-14(36-30(42)49-31(2,3)4)28(41)45-13-21-24(38)25(39)26(40)29(48-21)46-16-6-7-17-19(12-16)47-27(32(33,34)35)22(23(17)37)15-5-8-18-20(11-15)44-10-9-43-18/h5-8,11-12,14,21,24-26,29,38-40H,9-10,13H2,1-4H3,(H,36,42). The highest BCUT2D eigenvalue weighted by Crippen LogP contribution is 2.41. The van der Waals surface area contributed by atoms with E-state index >= 15 is 0 Å². The quantitative estimate of drug-likeness (QED) is 0.264. The molecule has 3 aromatic rings. The molecule has 1 fully saturated rings. The van der Waals surface area contributed by atoms with Gasteiger partial charge >= 0.3 is 18.2 Å². The van der Waals surface area contributed by atoms with E-state index in [9.17, 15) is 42.9 Å². The molecular weight excluding hydrogens is 663 g/mol. The van der Waals surface area contributed by atoms with E-state index in [1.807, 2.05) is 0 Å². The van der Waals surface area contributed by atoms with Gasteiger partial charge in [-0.1, -0.05) is 6.07 Å². The second-order valence-electron chi connectivity index (χ2n) is 12.3. The summed E-state index contributed by atoms with van der Waals surface area (Å²) in [7, 11) is 0. The van der Waals surface area contributed by atoms with Gasteiger partial charge in [-0.2, -0.15) is 13.2 Å². The molecule has 5 rings (SSSR count). The average Bonchev–Trinajstić information content (AvgIpc) is 3.02. The van der Waals surface area contributed by atoms with Gasteiger partial charge in [-0.05, 0) is 57.5 Å². The van der Waals surface area contributed by atoms with Gasteiger partial charge in [0, 0.05) is 6.07 Å². The lowest BCUT2D eigenvalue weighted by atomic mass is 9.99. The van der Waals surface area contributed by atoms with Gasteiger partial charge in [-0.15, -0.1) is 0 Å². The third-order valence-electron chi connectivity index (χ3n) is 7.35. The Bertz CT molecular complexity index is 1770. The fourth-order valence-corrected chi connectivity index (χ4v) is 5.03. The van der Waals surface area contributed by atoms with Crippen LogP contribution >= 0.6 is 0 Å². The molecule has 1 amide bonds. The summed E-state index contributed by atoms with van der Waals surface area (Å²) in [6, 6.07) is 6.07. The summed E-state index contributed by atoms with van der Waals surface area (Å²) in [6.45, 7) is 5.97. The first-order chi connectivity index (χ1) is 22.9. The number of rotatable bonds is 7. The first-order valence-corrected chi connectivity index (χ1v) is 15.0. The van der Waals surface area contributed by atoms with E-state index in [2.05, 4.69) is 5.32 Å². The highest BCUT2D eigenvalue weighted by molar-refractivity contribution is 5.84. The minimum atomic E-state index is -5.10. The van der Waals surface area contributed by atoms with Crippen molar-refractivity contribution in [2.75, 3.05) is 19.8 Å². The van der Waals surface area contributed by atoms with E-state index in [1.165, 1.54) is 31.2 Å². The summed E-state index contributed by atoms with van der Waals surface area (Å²) >= 11 is 0. The number of halogens is 3. The second kappa shape index (κ2) is 13.7.